The average molecular weight is 387 g/mol. The van der Waals surface area contributed by atoms with E-state index in [2.05, 4.69) is 6.92 Å². The second kappa shape index (κ2) is 21.2. The van der Waals surface area contributed by atoms with Crippen LogP contribution in [-0.4, -0.2) is 38.4 Å². The van der Waals surface area contributed by atoms with Crippen LogP contribution in [0.25, 0.3) is 0 Å². The molecule has 0 fully saturated rings. The quantitative estimate of drug-likeness (QED) is 0.202. The second-order valence-electron chi connectivity index (χ2n) is 7.03. The third kappa shape index (κ3) is 21.1. The van der Waals surface area contributed by atoms with E-state index >= 15 is 0 Å². The number of hydrogen-bond acceptors (Lipinski definition) is 5. The summed E-state index contributed by atoms with van der Waals surface area (Å²) in [6, 6.07) is 0. The first kappa shape index (κ1) is 25.9. The Morgan fingerprint density at radius 1 is 0.556 bits per heavy atom. The van der Waals surface area contributed by atoms with Crippen LogP contribution in [0.1, 0.15) is 104 Å². The molecular formula is C22H42O5. The van der Waals surface area contributed by atoms with Crippen LogP contribution < -0.4 is 0 Å². The second-order valence-corrected chi connectivity index (χ2v) is 7.03. The van der Waals surface area contributed by atoms with Gasteiger partial charge in [0.2, 0.25) is 0 Å². The Hall–Kier alpha value is -1.10. The topological polar surface area (TPSA) is 61.8 Å². The molecule has 0 aromatic carbocycles. The zero-order chi connectivity index (χ0) is 20.0. The number of hydrogen-bond donors (Lipinski definition) is 0. The minimum Gasteiger partial charge on any atom is -0.466 e. The van der Waals surface area contributed by atoms with E-state index in [1.54, 1.807) is 0 Å². The van der Waals surface area contributed by atoms with Gasteiger partial charge in [-0.3, -0.25) is 9.59 Å². The Kier molecular flexibility index (Phi) is 20.3. The molecule has 0 aromatic heterocycles. The summed E-state index contributed by atoms with van der Waals surface area (Å²) in [7, 11) is 0. The molecule has 0 N–H and O–H groups in total. The molecule has 0 spiro atoms. The highest BCUT2D eigenvalue weighted by Crippen LogP contribution is 2.10. The molecule has 5 heteroatoms. The summed E-state index contributed by atoms with van der Waals surface area (Å²) in [6.07, 6.45) is 14.3. The molecule has 160 valence electrons. The Balaban J connectivity index is 3.25. The third-order valence-electron chi connectivity index (χ3n) is 4.47. The Bertz CT molecular complexity index is 344. The van der Waals surface area contributed by atoms with E-state index in [1.165, 1.54) is 25.7 Å². The molecule has 0 amide bonds. The highest BCUT2D eigenvalue weighted by Gasteiger charge is 2.04. The largest absolute Gasteiger partial charge is 0.466 e. The molecule has 0 atom stereocenters. The molecule has 0 aliphatic carbocycles. The smallest absolute Gasteiger partial charge is 0.305 e. The van der Waals surface area contributed by atoms with Crippen molar-refractivity contribution in [1.82, 2.24) is 0 Å². The molecule has 0 saturated heterocycles. The minimum absolute atomic E-state index is 0.0571. The van der Waals surface area contributed by atoms with E-state index in [9.17, 15) is 9.59 Å². The van der Waals surface area contributed by atoms with E-state index in [4.69, 9.17) is 14.2 Å². The number of carbonyl (C=O) groups is 2. The van der Waals surface area contributed by atoms with E-state index in [-0.39, 0.29) is 11.9 Å². The van der Waals surface area contributed by atoms with Gasteiger partial charge in [0.15, 0.2) is 0 Å². The van der Waals surface area contributed by atoms with E-state index in [0.717, 1.165) is 51.4 Å². The summed E-state index contributed by atoms with van der Waals surface area (Å²) < 4.78 is 15.4. The molecule has 0 saturated carbocycles. The number of ether oxygens (including phenoxy) is 3. The van der Waals surface area contributed by atoms with Gasteiger partial charge >= 0.3 is 11.9 Å². The molecule has 0 aromatic rings. The van der Waals surface area contributed by atoms with Gasteiger partial charge in [0.25, 0.3) is 0 Å². The van der Waals surface area contributed by atoms with Crippen molar-refractivity contribution in [1.29, 1.82) is 0 Å². The fourth-order valence-corrected chi connectivity index (χ4v) is 2.82. The van der Waals surface area contributed by atoms with E-state index in [0.29, 0.717) is 39.3 Å². The van der Waals surface area contributed by atoms with Crippen molar-refractivity contribution in [2.75, 3.05) is 26.4 Å². The van der Waals surface area contributed by atoms with Gasteiger partial charge in [0, 0.05) is 19.4 Å². The van der Waals surface area contributed by atoms with Gasteiger partial charge in [0.1, 0.15) is 6.61 Å². The van der Waals surface area contributed by atoms with Gasteiger partial charge in [-0.05, 0) is 26.2 Å². The molecular weight excluding hydrogens is 344 g/mol. The summed E-state index contributed by atoms with van der Waals surface area (Å²) in [4.78, 5) is 23.1. The van der Waals surface area contributed by atoms with Crippen molar-refractivity contribution >= 4 is 11.9 Å². The van der Waals surface area contributed by atoms with Crippen LogP contribution in [-0.2, 0) is 23.8 Å². The summed E-state index contributed by atoms with van der Waals surface area (Å²) >= 11 is 0. The average Bonchev–Trinajstić information content (AvgIpc) is 2.66. The van der Waals surface area contributed by atoms with Gasteiger partial charge in [0.05, 0.1) is 13.2 Å². The zero-order valence-electron chi connectivity index (χ0n) is 17.8. The molecule has 27 heavy (non-hydrogen) atoms. The Morgan fingerprint density at radius 3 is 1.59 bits per heavy atom. The van der Waals surface area contributed by atoms with Gasteiger partial charge in [-0.2, -0.15) is 0 Å². The molecule has 0 heterocycles. The van der Waals surface area contributed by atoms with Crippen LogP contribution in [0.3, 0.4) is 0 Å². The van der Waals surface area contributed by atoms with Crippen molar-refractivity contribution in [3.8, 4) is 0 Å². The molecule has 0 aliphatic heterocycles. The lowest BCUT2D eigenvalue weighted by molar-refractivity contribution is -0.145. The fraction of sp³-hybridized carbons (Fsp3) is 0.909. The molecule has 5 nitrogen and oxygen atoms in total. The maximum atomic E-state index is 11.6. The normalized spacial score (nSPS) is 10.7. The summed E-state index contributed by atoms with van der Waals surface area (Å²) in [5, 5.41) is 0. The highest BCUT2D eigenvalue weighted by atomic mass is 16.6. The van der Waals surface area contributed by atoms with Crippen molar-refractivity contribution in [2.45, 2.75) is 104 Å². The summed E-state index contributed by atoms with van der Waals surface area (Å²) in [5.74, 6) is -0.193. The standard InChI is InChI=1S/C22H42O5/c1-3-5-6-7-12-15-18-26-21(23)16-13-10-8-9-11-14-17-22(24)27-20-19-25-4-2/h3-20H2,1-2H3. The van der Waals surface area contributed by atoms with Crippen LogP contribution >= 0.6 is 0 Å². The molecule has 0 bridgehead atoms. The molecule has 0 aliphatic rings. The van der Waals surface area contributed by atoms with Crippen LogP contribution in [0.5, 0.6) is 0 Å². The van der Waals surface area contributed by atoms with Gasteiger partial charge in [-0.25, -0.2) is 0 Å². The maximum absolute atomic E-state index is 11.6. The van der Waals surface area contributed by atoms with Crippen molar-refractivity contribution in [3.63, 3.8) is 0 Å². The predicted octanol–water partition coefficient (Wildman–Crippen LogP) is 5.59. The fourth-order valence-electron chi connectivity index (χ4n) is 2.82. The lowest BCUT2D eigenvalue weighted by atomic mass is 10.1. The SMILES string of the molecule is CCCCCCCCOC(=O)CCCCCCCCC(=O)OCCOCC. The van der Waals surface area contributed by atoms with E-state index in [1.807, 2.05) is 6.92 Å². The number of rotatable bonds is 20. The Labute approximate surface area is 166 Å². The maximum Gasteiger partial charge on any atom is 0.305 e. The highest BCUT2D eigenvalue weighted by molar-refractivity contribution is 5.69. The van der Waals surface area contributed by atoms with Crippen LogP contribution in [0.4, 0.5) is 0 Å². The number of unbranched alkanes of at least 4 members (excludes halogenated alkanes) is 10. The van der Waals surface area contributed by atoms with Crippen molar-refractivity contribution < 1.29 is 23.8 Å². The lowest BCUT2D eigenvalue weighted by Crippen LogP contribution is -2.10. The van der Waals surface area contributed by atoms with E-state index < -0.39 is 0 Å². The first-order valence-electron chi connectivity index (χ1n) is 11.1. The lowest BCUT2D eigenvalue weighted by Gasteiger charge is -2.06. The number of esters is 2. The third-order valence-corrected chi connectivity index (χ3v) is 4.47. The van der Waals surface area contributed by atoms with Crippen LogP contribution in [0, 0.1) is 0 Å². The first-order valence-corrected chi connectivity index (χ1v) is 11.1. The van der Waals surface area contributed by atoms with Crippen molar-refractivity contribution in [2.24, 2.45) is 0 Å². The zero-order valence-corrected chi connectivity index (χ0v) is 17.8. The van der Waals surface area contributed by atoms with Crippen molar-refractivity contribution in [3.05, 3.63) is 0 Å². The molecule has 0 rings (SSSR count). The predicted molar refractivity (Wildman–Crippen MR) is 109 cm³/mol. The summed E-state index contributed by atoms with van der Waals surface area (Å²) in [5.41, 5.74) is 0. The number of carbonyl (C=O) groups excluding carboxylic acids is 2. The molecule has 0 radical (unpaired) electrons. The van der Waals surface area contributed by atoms with Gasteiger partial charge < -0.3 is 14.2 Å². The van der Waals surface area contributed by atoms with Crippen LogP contribution in [0.2, 0.25) is 0 Å². The van der Waals surface area contributed by atoms with Gasteiger partial charge in [-0.1, -0.05) is 64.7 Å². The van der Waals surface area contributed by atoms with Crippen LogP contribution in [0.15, 0.2) is 0 Å². The summed E-state index contributed by atoms with van der Waals surface area (Å²) in [6.45, 7) is 6.18. The van der Waals surface area contributed by atoms with Gasteiger partial charge in [-0.15, -0.1) is 0 Å². The monoisotopic (exact) mass is 386 g/mol. The molecule has 0 unspecified atom stereocenters. The Morgan fingerprint density at radius 2 is 1.04 bits per heavy atom. The first-order chi connectivity index (χ1) is 13.2. The minimum atomic E-state index is -0.136.